The van der Waals surface area contributed by atoms with E-state index >= 15 is 0 Å². The highest BCUT2D eigenvalue weighted by atomic mass is 16.8. The summed E-state index contributed by atoms with van der Waals surface area (Å²) in [6, 6.07) is 0. The van der Waals surface area contributed by atoms with Crippen molar-refractivity contribution in [1.82, 2.24) is 0 Å². The molecule has 0 aromatic carbocycles. The Morgan fingerprint density at radius 2 is 2.11 bits per heavy atom. The molecule has 0 aromatic heterocycles. The van der Waals surface area contributed by atoms with E-state index < -0.39 is 30.1 Å². The first-order valence-corrected chi connectivity index (χ1v) is 6.06. The second-order valence-electron chi connectivity index (χ2n) is 5.59. The number of rotatable bonds is 3. The molecule has 6 heteroatoms. The van der Waals surface area contributed by atoms with Crippen molar-refractivity contribution in [2.75, 3.05) is 6.61 Å². The minimum Gasteiger partial charge on any atom is -0.366 e. The predicted molar refractivity (Wildman–Crippen MR) is 60.6 cm³/mol. The molecule has 1 unspecified atom stereocenters. The van der Waals surface area contributed by atoms with Crippen molar-refractivity contribution < 1.29 is 28.8 Å². The summed E-state index contributed by atoms with van der Waals surface area (Å²) in [7, 11) is 0. The van der Waals surface area contributed by atoms with Gasteiger partial charge in [0.25, 0.3) is 0 Å². The Labute approximate surface area is 106 Å². The zero-order valence-corrected chi connectivity index (χ0v) is 11.1. The lowest BCUT2D eigenvalue weighted by Crippen LogP contribution is -2.36. The van der Waals surface area contributed by atoms with Crippen LogP contribution in [0.3, 0.4) is 0 Å². The maximum Gasteiger partial charge on any atom is 0.169 e. The second kappa shape index (κ2) is 4.54. The first-order chi connectivity index (χ1) is 8.16. The van der Waals surface area contributed by atoms with Crippen molar-refractivity contribution in [1.29, 1.82) is 0 Å². The Morgan fingerprint density at radius 1 is 1.44 bits per heavy atom. The lowest BCUT2D eigenvalue weighted by atomic mass is 10.1. The maximum absolute atomic E-state index is 11.8. The van der Waals surface area contributed by atoms with Crippen LogP contribution in [0, 0.1) is 0 Å². The third-order valence-corrected chi connectivity index (χ3v) is 2.77. The average Bonchev–Trinajstić information content (AvgIpc) is 2.67. The van der Waals surface area contributed by atoms with E-state index in [4.69, 9.17) is 18.9 Å². The molecule has 0 radical (unpaired) electrons. The van der Waals surface area contributed by atoms with Crippen molar-refractivity contribution in [3.63, 3.8) is 0 Å². The standard InChI is InChI=1S/C12H20O6/c1-11(2,14)18-9-5-7(13)10(16-9)8-6-15-12(3,4)17-8/h8-10,14H,5-6H2,1-4H3/t8?,9-,10+/m1/s1. The van der Waals surface area contributed by atoms with Gasteiger partial charge in [0, 0.05) is 0 Å². The SMILES string of the molecule is CC(C)(O)O[C@@H]1CC(=O)[C@@H](C2COC(C)(C)O2)O1. The van der Waals surface area contributed by atoms with Crippen molar-refractivity contribution in [2.45, 2.75) is 64.2 Å². The van der Waals surface area contributed by atoms with Gasteiger partial charge in [-0.15, -0.1) is 0 Å². The molecule has 2 fully saturated rings. The van der Waals surface area contributed by atoms with Crippen molar-refractivity contribution in [3.8, 4) is 0 Å². The molecule has 2 saturated heterocycles. The van der Waals surface area contributed by atoms with E-state index in [1.165, 1.54) is 13.8 Å². The van der Waals surface area contributed by atoms with Crippen LogP contribution in [-0.4, -0.2) is 47.6 Å². The van der Waals surface area contributed by atoms with Crippen molar-refractivity contribution in [3.05, 3.63) is 0 Å². The average molecular weight is 260 g/mol. The van der Waals surface area contributed by atoms with Crippen LogP contribution >= 0.6 is 0 Å². The summed E-state index contributed by atoms with van der Waals surface area (Å²) in [4.78, 5) is 11.8. The van der Waals surface area contributed by atoms with Crippen LogP contribution in [-0.2, 0) is 23.7 Å². The molecule has 6 nitrogen and oxygen atoms in total. The van der Waals surface area contributed by atoms with Crippen LogP contribution in [0.25, 0.3) is 0 Å². The van der Waals surface area contributed by atoms with Gasteiger partial charge in [0.15, 0.2) is 23.6 Å². The van der Waals surface area contributed by atoms with Gasteiger partial charge in [-0.05, 0) is 27.7 Å². The highest BCUT2D eigenvalue weighted by Gasteiger charge is 2.46. The normalized spacial score (nSPS) is 36.3. The van der Waals surface area contributed by atoms with E-state index in [1.54, 1.807) is 13.8 Å². The van der Waals surface area contributed by atoms with Gasteiger partial charge in [0.2, 0.25) is 0 Å². The van der Waals surface area contributed by atoms with Crippen LogP contribution in [0.15, 0.2) is 0 Å². The highest BCUT2D eigenvalue weighted by Crippen LogP contribution is 2.31. The topological polar surface area (TPSA) is 74.2 Å². The summed E-state index contributed by atoms with van der Waals surface area (Å²) >= 11 is 0. The highest BCUT2D eigenvalue weighted by molar-refractivity contribution is 5.85. The largest absolute Gasteiger partial charge is 0.366 e. The molecule has 104 valence electrons. The number of hydrogen-bond acceptors (Lipinski definition) is 6. The number of ketones is 1. The van der Waals surface area contributed by atoms with Gasteiger partial charge in [0.05, 0.1) is 13.0 Å². The Kier molecular flexibility index (Phi) is 3.50. The first kappa shape index (κ1) is 13.9. The van der Waals surface area contributed by atoms with Crippen LogP contribution in [0.1, 0.15) is 34.1 Å². The van der Waals surface area contributed by atoms with E-state index in [0.717, 1.165) is 0 Å². The number of Topliss-reactive ketones (excluding diaryl/α,β-unsaturated/α-hetero) is 1. The maximum atomic E-state index is 11.8. The van der Waals surface area contributed by atoms with Crippen LogP contribution in [0.2, 0.25) is 0 Å². The zero-order chi connectivity index (χ0) is 13.6. The van der Waals surface area contributed by atoms with Gasteiger partial charge in [-0.1, -0.05) is 0 Å². The second-order valence-corrected chi connectivity index (χ2v) is 5.59. The molecule has 0 aliphatic carbocycles. The van der Waals surface area contributed by atoms with Gasteiger partial charge in [-0.25, -0.2) is 0 Å². The summed E-state index contributed by atoms with van der Waals surface area (Å²) < 4.78 is 21.7. The van der Waals surface area contributed by atoms with E-state index in [2.05, 4.69) is 0 Å². The van der Waals surface area contributed by atoms with Crippen molar-refractivity contribution >= 4 is 5.78 Å². The molecule has 3 atom stereocenters. The van der Waals surface area contributed by atoms with Crippen LogP contribution in [0.4, 0.5) is 0 Å². The number of aliphatic hydroxyl groups is 1. The summed E-state index contributed by atoms with van der Waals surface area (Å²) in [5.74, 6) is -2.11. The van der Waals surface area contributed by atoms with E-state index in [-0.39, 0.29) is 12.2 Å². The monoisotopic (exact) mass is 260 g/mol. The Bertz CT molecular complexity index is 332. The van der Waals surface area contributed by atoms with Gasteiger partial charge in [-0.3, -0.25) is 4.79 Å². The van der Waals surface area contributed by atoms with Gasteiger partial charge >= 0.3 is 0 Å². The molecule has 0 amide bonds. The number of carbonyl (C=O) groups is 1. The summed E-state index contributed by atoms with van der Waals surface area (Å²) in [5.41, 5.74) is 0. The molecule has 2 rings (SSSR count). The lowest BCUT2D eigenvalue weighted by molar-refractivity contribution is -0.274. The third-order valence-electron chi connectivity index (χ3n) is 2.77. The quantitative estimate of drug-likeness (QED) is 0.748. The Morgan fingerprint density at radius 3 is 2.61 bits per heavy atom. The van der Waals surface area contributed by atoms with Gasteiger partial charge in [0.1, 0.15) is 12.2 Å². The smallest absolute Gasteiger partial charge is 0.169 e. The molecule has 0 bridgehead atoms. The fourth-order valence-electron chi connectivity index (χ4n) is 2.12. The van der Waals surface area contributed by atoms with Gasteiger partial charge < -0.3 is 24.1 Å². The molecule has 1 N–H and O–H groups in total. The minimum absolute atomic E-state index is 0.0875. The summed E-state index contributed by atoms with van der Waals surface area (Å²) in [6.07, 6.45) is -1.70. The fraction of sp³-hybridized carbons (Fsp3) is 0.917. The molecule has 0 spiro atoms. The third kappa shape index (κ3) is 3.27. The molecule has 2 heterocycles. The number of ether oxygens (including phenoxy) is 4. The predicted octanol–water partition coefficient (Wildman–Crippen LogP) is 0.567. The van der Waals surface area contributed by atoms with E-state index in [0.29, 0.717) is 6.61 Å². The minimum atomic E-state index is -1.33. The molecular weight excluding hydrogens is 240 g/mol. The Hall–Kier alpha value is -0.530. The fourth-order valence-corrected chi connectivity index (χ4v) is 2.12. The van der Waals surface area contributed by atoms with Crippen LogP contribution in [0.5, 0.6) is 0 Å². The number of hydrogen-bond donors (Lipinski definition) is 1. The lowest BCUT2D eigenvalue weighted by Gasteiger charge is -2.24. The molecule has 0 saturated carbocycles. The summed E-state index contributed by atoms with van der Waals surface area (Å²) in [6.45, 7) is 6.88. The van der Waals surface area contributed by atoms with E-state index in [1.807, 2.05) is 0 Å². The molecule has 2 aliphatic rings. The molecular formula is C12H20O6. The van der Waals surface area contributed by atoms with Crippen LogP contribution < -0.4 is 0 Å². The number of carbonyl (C=O) groups excluding carboxylic acids is 1. The van der Waals surface area contributed by atoms with Gasteiger partial charge in [-0.2, -0.15) is 0 Å². The van der Waals surface area contributed by atoms with E-state index in [9.17, 15) is 9.90 Å². The molecule has 0 aromatic rings. The Balaban J connectivity index is 1.94. The first-order valence-electron chi connectivity index (χ1n) is 6.06. The zero-order valence-electron chi connectivity index (χ0n) is 11.1. The van der Waals surface area contributed by atoms with Crippen molar-refractivity contribution in [2.24, 2.45) is 0 Å². The molecule has 2 aliphatic heterocycles. The molecule has 18 heavy (non-hydrogen) atoms. The summed E-state index contributed by atoms with van der Waals surface area (Å²) in [5, 5.41) is 9.53.